The van der Waals surface area contributed by atoms with E-state index in [0.29, 0.717) is 0 Å². The summed E-state index contributed by atoms with van der Waals surface area (Å²) < 4.78 is 12.8. The largest absolute Gasteiger partial charge is 0.207 e. The smallest absolute Gasteiger partial charge is 0.123 e. The van der Waals surface area contributed by atoms with Crippen molar-refractivity contribution < 1.29 is 4.39 Å². The van der Waals surface area contributed by atoms with Crippen LogP contribution in [0.4, 0.5) is 4.39 Å². The van der Waals surface area contributed by atoms with Crippen molar-refractivity contribution in [3.8, 4) is 0 Å². The number of halogens is 3. The summed E-state index contributed by atoms with van der Waals surface area (Å²) in [5.74, 6) is -0.157. The predicted molar refractivity (Wildman–Crippen MR) is 56.5 cm³/mol. The number of aryl methyl sites for hydroxylation is 1. The zero-order chi connectivity index (χ0) is 8.97. The van der Waals surface area contributed by atoms with Crippen molar-refractivity contribution in [2.45, 2.75) is 11.8 Å². The maximum absolute atomic E-state index is 12.8. The molecule has 0 aliphatic heterocycles. The number of hydrogen-bond acceptors (Lipinski definition) is 0. The first-order valence-electron chi connectivity index (χ1n) is 3.67. The van der Waals surface area contributed by atoms with E-state index >= 15 is 0 Å². The Morgan fingerprint density at radius 3 is 2.50 bits per heavy atom. The molecule has 0 saturated heterocycles. The Kier molecular flexibility index (Phi) is 4.22. The first-order valence-corrected chi connectivity index (χ1v) is 5.91. The third kappa shape index (κ3) is 2.56. The highest BCUT2D eigenvalue weighted by atomic mass is 79.9. The van der Waals surface area contributed by atoms with E-state index in [1.54, 1.807) is 6.07 Å². The lowest BCUT2D eigenvalue weighted by Gasteiger charge is -2.04. The average molecular weight is 296 g/mol. The van der Waals surface area contributed by atoms with E-state index in [4.69, 9.17) is 0 Å². The van der Waals surface area contributed by atoms with Crippen LogP contribution in [0.5, 0.6) is 0 Å². The molecule has 0 aliphatic rings. The van der Waals surface area contributed by atoms with Gasteiger partial charge in [-0.1, -0.05) is 37.9 Å². The number of benzene rings is 1. The van der Waals surface area contributed by atoms with Gasteiger partial charge in [0.2, 0.25) is 0 Å². The standard InChI is InChI=1S/C9H9Br2F/c10-4-3-7-5-9(12)2-1-8(7)6-11/h1-2,5H,3-4,6H2. The minimum absolute atomic E-state index is 0.157. The quantitative estimate of drug-likeness (QED) is 0.747. The molecule has 0 aliphatic carbocycles. The molecule has 0 atom stereocenters. The molecule has 66 valence electrons. The van der Waals surface area contributed by atoms with Gasteiger partial charge in [-0.05, 0) is 29.7 Å². The highest BCUT2D eigenvalue weighted by Crippen LogP contribution is 2.15. The summed E-state index contributed by atoms with van der Waals surface area (Å²) >= 11 is 6.70. The predicted octanol–water partition coefficient (Wildman–Crippen LogP) is 3.66. The fraction of sp³-hybridized carbons (Fsp3) is 0.333. The average Bonchev–Trinajstić information content (AvgIpc) is 2.05. The van der Waals surface area contributed by atoms with Crippen molar-refractivity contribution in [2.75, 3.05) is 5.33 Å². The maximum Gasteiger partial charge on any atom is 0.123 e. The van der Waals surface area contributed by atoms with Gasteiger partial charge in [0.05, 0.1) is 0 Å². The first kappa shape index (κ1) is 10.2. The molecule has 0 N–H and O–H groups in total. The van der Waals surface area contributed by atoms with E-state index in [1.807, 2.05) is 6.07 Å². The maximum atomic E-state index is 12.8. The van der Waals surface area contributed by atoms with E-state index in [2.05, 4.69) is 31.9 Å². The van der Waals surface area contributed by atoms with Crippen LogP contribution in [0.1, 0.15) is 11.1 Å². The van der Waals surface area contributed by atoms with Gasteiger partial charge in [-0.15, -0.1) is 0 Å². The van der Waals surface area contributed by atoms with E-state index in [-0.39, 0.29) is 5.82 Å². The molecule has 0 amide bonds. The Balaban J connectivity index is 2.95. The fourth-order valence-electron chi connectivity index (χ4n) is 1.06. The first-order chi connectivity index (χ1) is 5.77. The van der Waals surface area contributed by atoms with Crippen LogP contribution in [-0.2, 0) is 11.8 Å². The van der Waals surface area contributed by atoms with Crippen molar-refractivity contribution in [2.24, 2.45) is 0 Å². The van der Waals surface area contributed by atoms with E-state index in [1.165, 1.54) is 6.07 Å². The van der Waals surface area contributed by atoms with Crippen LogP contribution < -0.4 is 0 Å². The summed E-state index contributed by atoms with van der Waals surface area (Å²) in [6, 6.07) is 4.91. The monoisotopic (exact) mass is 294 g/mol. The second-order valence-electron chi connectivity index (χ2n) is 2.49. The summed E-state index contributed by atoms with van der Waals surface area (Å²) in [6.45, 7) is 0. The van der Waals surface area contributed by atoms with Crippen LogP contribution in [-0.4, -0.2) is 5.33 Å². The Bertz CT molecular complexity index is 261. The van der Waals surface area contributed by atoms with Gasteiger partial charge in [0, 0.05) is 10.7 Å². The second-order valence-corrected chi connectivity index (χ2v) is 3.84. The van der Waals surface area contributed by atoms with Gasteiger partial charge in [-0.2, -0.15) is 0 Å². The molecule has 0 bridgehead atoms. The molecule has 0 nitrogen and oxygen atoms in total. The normalized spacial score (nSPS) is 10.2. The molecule has 0 radical (unpaired) electrons. The summed E-state index contributed by atoms with van der Waals surface area (Å²) in [5.41, 5.74) is 2.24. The Hall–Kier alpha value is 0.110. The highest BCUT2D eigenvalue weighted by molar-refractivity contribution is 9.09. The number of hydrogen-bond donors (Lipinski definition) is 0. The van der Waals surface area contributed by atoms with Gasteiger partial charge in [0.25, 0.3) is 0 Å². The van der Waals surface area contributed by atoms with Crippen LogP contribution in [0.2, 0.25) is 0 Å². The summed E-state index contributed by atoms with van der Waals surface area (Å²) in [5, 5.41) is 1.66. The molecule has 0 fully saturated rings. The molecule has 1 rings (SSSR count). The second kappa shape index (κ2) is 4.97. The van der Waals surface area contributed by atoms with Crippen LogP contribution in [0.3, 0.4) is 0 Å². The van der Waals surface area contributed by atoms with Gasteiger partial charge < -0.3 is 0 Å². The molecule has 0 unspecified atom stereocenters. The lowest BCUT2D eigenvalue weighted by molar-refractivity contribution is 0.625. The van der Waals surface area contributed by atoms with Crippen molar-refractivity contribution in [1.82, 2.24) is 0 Å². The number of alkyl halides is 2. The van der Waals surface area contributed by atoms with Gasteiger partial charge >= 0.3 is 0 Å². The van der Waals surface area contributed by atoms with Crippen LogP contribution in [0.15, 0.2) is 18.2 Å². The van der Waals surface area contributed by atoms with E-state index in [0.717, 1.165) is 28.2 Å². The molecular formula is C9H9Br2F. The zero-order valence-electron chi connectivity index (χ0n) is 6.49. The third-order valence-corrected chi connectivity index (χ3v) is 2.68. The van der Waals surface area contributed by atoms with Crippen LogP contribution in [0.25, 0.3) is 0 Å². The molecule has 3 heteroatoms. The lowest BCUT2D eigenvalue weighted by atomic mass is 10.1. The Morgan fingerprint density at radius 2 is 1.92 bits per heavy atom. The van der Waals surface area contributed by atoms with Crippen molar-refractivity contribution in [3.05, 3.63) is 35.1 Å². The van der Waals surface area contributed by atoms with E-state index < -0.39 is 0 Å². The molecule has 12 heavy (non-hydrogen) atoms. The molecule has 1 aromatic carbocycles. The van der Waals surface area contributed by atoms with Crippen LogP contribution in [0, 0.1) is 5.82 Å². The summed E-state index contributed by atoms with van der Waals surface area (Å²) in [4.78, 5) is 0. The molecular weight excluding hydrogens is 287 g/mol. The van der Waals surface area contributed by atoms with Gasteiger partial charge in [0.1, 0.15) is 5.82 Å². The fourth-order valence-corrected chi connectivity index (χ4v) is 2.03. The topological polar surface area (TPSA) is 0 Å². The molecule has 0 saturated carbocycles. The molecule has 0 heterocycles. The Morgan fingerprint density at radius 1 is 1.17 bits per heavy atom. The van der Waals surface area contributed by atoms with E-state index in [9.17, 15) is 4.39 Å². The zero-order valence-corrected chi connectivity index (χ0v) is 9.66. The summed E-state index contributed by atoms with van der Waals surface area (Å²) in [6.07, 6.45) is 0.874. The summed E-state index contributed by atoms with van der Waals surface area (Å²) in [7, 11) is 0. The molecule has 0 aromatic heterocycles. The highest BCUT2D eigenvalue weighted by Gasteiger charge is 2.01. The van der Waals surface area contributed by atoms with Gasteiger partial charge in [-0.3, -0.25) is 0 Å². The van der Waals surface area contributed by atoms with Gasteiger partial charge in [-0.25, -0.2) is 4.39 Å². The number of rotatable bonds is 3. The van der Waals surface area contributed by atoms with Gasteiger partial charge in [0.15, 0.2) is 0 Å². The van der Waals surface area contributed by atoms with Crippen LogP contribution >= 0.6 is 31.9 Å². The SMILES string of the molecule is Fc1ccc(CBr)c(CCBr)c1. The van der Waals surface area contributed by atoms with Crippen molar-refractivity contribution in [1.29, 1.82) is 0 Å². The Labute approximate surface area is 88.4 Å². The minimum atomic E-state index is -0.157. The molecule has 0 spiro atoms. The molecule has 1 aromatic rings. The third-order valence-electron chi connectivity index (χ3n) is 1.68. The lowest BCUT2D eigenvalue weighted by Crippen LogP contribution is -1.93. The van der Waals surface area contributed by atoms with Crippen molar-refractivity contribution >= 4 is 31.9 Å². The van der Waals surface area contributed by atoms with Crippen molar-refractivity contribution in [3.63, 3.8) is 0 Å². The minimum Gasteiger partial charge on any atom is -0.207 e.